The Labute approximate surface area is 148 Å². The number of rotatable bonds is 6. The van der Waals surface area contributed by atoms with Crippen LogP contribution in [0.15, 0.2) is 46.9 Å². The van der Waals surface area contributed by atoms with Gasteiger partial charge >= 0.3 is 11.9 Å². The van der Waals surface area contributed by atoms with Gasteiger partial charge in [-0.1, -0.05) is 18.2 Å². The third kappa shape index (κ3) is 4.83. The van der Waals surface area contributed by atoms with Crippen molar-refractivity contribution < 1.29 is 23.8 Å². The van der Waals surface area contributed by atoms with Crippen molar-refractivity contribution in [1.29, 1.82) is 0 Å². The molecule has 0 aromatic heterocycles. The summed E-state index contributed by atoms with van der Waals surface area (Å²) in [4.78, 5) is 22.1. The van der Waals surface area contributed by atoms with Crippen LogP contribution in [0.3, 0.4) is 0 Å². The van der Waals surface area contributed by atoms with Gasteiger partial charge in [0.2, 0.25) is 0 Å². The molecule has 0 amide bonds. The molecule has 0 heterocycles. The summed E-state index contributed by atoms with van der Waals surface area (Å²) in [6.07, 6.45) is 0. The average molecular weight is 393 g/mol. The van der Waals surface area contributed by atoms with E-state index < -0.39 is 0 Å². The van der Waals surface area contributed by atoms with E-state index in [1.807, 2.05) is 30.3 Å². The number of carbonyl (C=O) groups is 2. The zero-order chi connectivity index (χ0) is 17.5. The molecule has 0 unspecified atom stereocenters. The van der Waals surface area contributed by atoms with E-state index >= 15 is 0 Å². The maximum absolute atomic E-state index is 11.4. The molecule has 6 heteroatoms. The highest BCUT2D eigenvalue weighted by Crippen LogP contribution is 2.31. The Balaban J connectivity index is 2.06. The zero-order valence-corrected chi connectivity index (χ0v) is 15.0. The lowest BCUT2D eigenvalue weighted by atomic mass is 10.0. The van der Waals surface area contributed by atoms with Crippen molar-refractivity contribution in [3.63, 3.8) is 0 Å². The first-order valence-electron chi connectivity index (χ1n) is 7.25. The molecular formula is C18H17BrO5. The molecular weight excluding hydrogens is 376 g/mol. The third-order valence-electron chi connectivity index (χ3n) is 3.22. The van der Waals surface area contributed by atoms with Crippen LogP contribution in [0.1, 0.15) is 17.3 Å². The maximum atomic E-state index is 11.4. The molecule has 5 nitrogen and oxygen atoms in total. The SMILES string of the molecule is COC(=O)c1ccc(-c2ccc(OCCOC(C)=O)c(Br)c2)cc1. The van der Waals surface area contributed by atoms with E-state index in [1.54, 1.807) is 12.1 Å². The second-order valence-electron chi connectivity index (χ2n) is 4.90. The van der Waals surface area contributed by atoms with Crippen LogP contribution in [0, 0.1) is 0 Å². The van der Waals surface area contributed by atoms with Gasteiger partial charge in [-0.15, -0.1) is 0 Å². The van der Waals surface area contributed by atoms with Crippen LogP contribution in [0.4, 0.5) is 0 Å². The first kappa shape index (κ1) is 18.0. The second-order valence-corrected chi connectivity index (χ2v) is 5.76. The zero-order valence-electron chi connectivity index (χ0n) is 13.4. The van der Waals surface area contributed by atoms with Gasteiger partial charge in [-0.3, -0.25) is 4.79 Å². The molecule has 0 atom stereocenters. The average Bonchev–Trinajstić information content (AvgIpc) is 2.59. The van der Waals surface area contributed by atoms with Gasteiger partial charge in [-0.25, -0.2) is 4.79 Å². The van der Waals surface area contributed by atoms with E-state index in [0.29, 0.717) is 11.3 Å². The van der Waals surface area contributed by atoms with Crippen molar-refractivity contribution in [3.8, 4) is 16.9 Å². The fourth-order valence-corrected chi connectivity index (χ4v) is 2.54. The molecule has 0 N–H and O–H groups in total. The number of halogens is 1. The first-order chi connectivity index (χ1) is 11.5. The Hall–Kier alpha value is -2.34. The first-order valence-corrected chi connectivity index (χ1v) is 8.05. The van der Waals surface area contributed by atoms with Crippen molar-refractivity contribution in [2.75, 3.05) is 20.3 Å². The molecule has 0 aliphatic rings. The van der Waals surface area contributed by atoms with Gasteiger partial charge in [0.05, 0.1) is 17.1 Å². The minimum atomic E-state index is -0.362. The molecule has 24 heavy (non-hydrogen) atoms. The van der Waals surface area contributed by atoms with Crippen molar-refractivity contribution in [2.45, 2.75) is 6.92 Å². The Morgan fingerprint density at radius 2 is 1.67 bits per heavy atom. The van der Waals surface area contributed by atoms with E-state index in [1.165, 1.54) is 14.0 Å². The molecule has 0 spiro atoms. The fourth-order valence-electron chi connectivity index (χ4n) is 2.05. The van der Waals surface area contributed by atoms with Gasteiger partial charge in [0.1, 0.15) is 19.0 Å². The van der Waals surface area contributed by atoms with Crippen molar-refractivity contribution in [1.82, 2.24) is 0 Å². The summed E-state index contributed by atoms with van der Waals surface area (Å²) < 4.78 is 15.9. The topological polar surface area (TPSA) is 61.8 Å². The number of ether oxygens (including phenoxy) is 3. The van der Waals surface area contributed by atoms with Crippen LogP contribution < -0.4 is 4.74 Å². The van der Waals surface area contributed by atoms with Crippen LogP contribution in [0.25, 0.3) is 11.1 Å². The maximum Gasteiger partial charge on any atom is 0.337 e. The Morgan fingerprint density at radius 1 is 1.00 bits per heavy atom. The molecule has 2 aromatic carbocycles. The van der Waals surface area contributed by atoms with Gasteiger partial charge in [-0.2, -0.15) is 0 Å². The summed E-state index contributed by atoms with van der Waals surface area (Å²) in [6, 6.07) is 12.8. The van der Waals surface area contributed by atoms with E-state index in [4.69, 9.17) is 9.47 Å². The highest BCUT2D eigenvalue weighted by atomic mass is 79.9. The fraction of sp³-hybridized carbons (Fsp3) is 0.222. The predicted octanol–water partition coefficient (Wildman–Crippen LogP) is 3.84. The lowest BCUT2D eigenvalue weighted by molar-refractivity contribution is -0.141. The number of hydrogen-bond donors (Lipinski definition) is 0. The van der Waals surface area contributed by atoms with Gasteiger partial charge < -0.3 is 14.2 Å². The molecule has 126 valence electrons. The number of methoxy groups -OCH3 is 1. The minimum Gasteiger partial charge on any atom is -0.489 e. The summed E-state index contributed by atoms with van der Waals surface area (Å²) in [5.74, 6) is -0.0280. The van der Waals surface area contributed by atoms with E-state index in [-0.39, 0.29) is 25.2 Å². The summed E-state index contributed by atoms with van der Waals surface area (Å²) in [5.41, 5.74) is 2.45. The standard InChI is InChI=1S/C18H17BrO5/c1-12(20)23-9-10-24-17-8-7-15(11-16(17)19)13-3-5-14(6-4-13)18(21)22-2/h3-8,11H,9-10H2,1-2H3. The largest absolute Gasteiger partial charge is 0.489 e. The Kier molecular flexibility index (Phi) is 6.37. The van der Waals surface area contributed by atoms with Gasteiger partial charge in [0, 0.05) is 6.92 Å². The molecule has 2 aromatic rings. The lowest BCUT2D eigenvalue weighted by Crippen LogP contribution is -2.09. The number of benzene rings is 2. The van der Waals surface area contributed by atoms with Gasteiger partial charge in [0.25, 0.3) is 0 Å². The smallest absolute Gasteiger partial charge is 0.337 e. The van der Waals surface area contributed by atoms with Crippen LogP contribution >= 0.6 is 15.9 Å². The summed E-state index contributed by atoms with van der Waals surface area (Å²) in [6.45, 7) is 1.85. The van der Waals surface area contributed by atoms with Gasteiger partial charge in [0.15, 0.2) is 0 Å². The molecule has 0 aliphatic heterocycles. The monoisotopic (exact) mass is 392 g/mol. The Bertz CT molecular complexity index is 725. The lowest BCUT2D eigenvalue weighted by Gasteiger charge is -2.10. The molecule has 0 saturated carbocycles. The van der Waals surface area contributed by atoms with Crippen molar-refractivity contribution in [3.05, 3.63) is 52.5 Å². The number of carbonyl (C=O) groups excluding carboxylic acids is 2. The van der Waals surface area contributed by atoms with E-state index in [2.05, 4.69) is 20.7 Å². The molecule has 0 saturated heterocycles. The summed E-state index contributed by atoms with van der Waals surface area (Å²) in [5, 5.41) is 0. The Morgan fingerprint density at radius 3 is 2.25 bits per heavy atom. The van der Waals surface area contributed by atoms with Crippen LogP contribution in [-0.4, -0.2) is 32.3 Å². The predicted molar refractivity (Wildman–Crippen MR) is 93.0 cm³/mol. The van der Waals surface area contributed by atoms with Crippen LogP contribution in [0.5, 0.6) is 5.75 Å². The summed E-state index contributed by atoms with van der Waals surface area (Å²) in [7, 11) is 1.35. The van der Waals surface area contributed by atoms with Gasteiger partial charge in [-0.05, 0) is 51.3 Å². The molecule has 0 radical (unpaired) electrons. The molecule has 0 bridgehead atoms. The third-order valence-corrected chi connectivity index (χ3v) is 3.84. The highest BCUT2D eigenvalue weighted by Gasteiger charge is 2.08. The number of hydrogen-bond acceptors (Lipinski definition) is 5. The molecule has 2 rings (SSSR count). The highest BCUT2D eigenvalue weighted by molar-refractivity contribution is 9.10. The second kappa shape index (κ2) is 8.49. The van der Waals surface area contributed by atoms with Crippen LogP contribution in [-0.2, 0) is 14.3 Å². The molecule has 0 fully saturated rings. The minimum absolute atomic E-state index is 0.207. The van der Waals surface area contributed by atoms with Crippen molar-refractivity contribution in [2.24, 2.45) is 0 Å². The summed E-state index contributed by atoms with van der Waals surface area (Å²) >= 11 is 3.47. The van der Waals surface area contributed by atoms with E-state index in [0.717, 1.165) is 15.6 Å². The van der Waals surface area contributed by atoms with Crippen LogP contribution in [0.2, 0.25) is 0 Å². The molecule has 0 aliphatic carbocycles. The van der Waals surface area contributed by atoms with E-state index in [9.17, 15) is 9.59 Å². The normalized spacial score (nSPS) is 10.1. The number of esters is 2. The van der Waals surface area contributed by atoms with Crippen molar-refractivity contribution >= 4 is 27.9 Å². The quantitative estimate of drug-likeness (QED) is 0.551.